The molecule has 0 fully saturated rings. The van der Waals surface area contributed by atoms with E-state index in [0.29, 0.717) is 11.5 Å². The van der Waals surface area contributed by atoms with Gasteiger partial charge in [-0.25, -0.2) is 4.79 Å². The molecule has 4 unspecified atom stereocenters. The Balaban J connectivity index is 5.18. The molecule has 12 nitrogen and oxygen atoms in total. The van der Waals surface area contributed by atoms with Gasteiger partial charge in [-0.15, -0.1) is 0 Å². The van der Waals surface area contributed by atoms with E-state index < -0.39 is 66.8 Å². The number of thioether (sulfide) groups is 2. The van der Waals surface area contributed by atoms with Crippen molar-refractivity contribution in [3.63, 3.8) is 0 Å². The maximum atomic E-state index is 12.6. The molecule has 0 rings (SSSR count). The second kappa shape index (κ2) is 15.7. The number of carboxylic acid groups (broad SMARTS) is 1. The zero-order chi connectivity index (χ0) is 24.0. The fraction of sp³-hybridized carbons (Fsp3) is 0.706. The number of carbonyl (C=O) groups excluding carboxylic acids is 4. The summed E-state index contributed by atoms with van der Waals surface area (Å²) in [5.74, 6) is -3.42. The van der Waals surface area contributed by atoms with Crippen LogP contribution in [0.1, 0.15) is 19.3 Å². The van der Waals surface area contributed by atoms with Gasteiger partial charge in [-0.2, -0.15) is 23.5 Å². The molecule has 0 saturated carbocycles. The summed E-state index contributed by atoms with van der Waals surface area (Å²) in [5.41, 5.74) is 10.5. The van der Waals surface area contributed by atoms with Gasteiger partial charge in [-0.3, -0.25) is 19.2 Å². The highest BCUT2D eigenvalue weighted by Crippen LogP contribution is 2.05. The van der Waals surface area contributed by atoms with Gasteiger partial charge in [0.1, 0.15) is 18.1 Å². The Morgan fingerprint density at radius 2 is 1.29 bits per heavy atom. The SMILES string of the molecule is CSCCC(NC(=O)C(CCSC)NC(=O)C(CO)NC(=O)C(N)CC(N)=O)C(=O)O. The van der Waals surface area contributed by atoms with Gasteiger partial charge < -0.3 is 37.6 Å². The summed E-state index contributed by atoms with van der Waals surface area (Å²) in [5, 5.41) is 25.8. The number of nitrogens with one attached hydrogen (secondary N) is 3. The van der Waals surface area contributed by atoms with Crippen LogP contribution < -0.4 is 27.4 Å². The highest BCUT2D eigenvalue weighted by atomic mass is 32.2. The number of rotatable bonds is 16. The Kier molecular flexibility index (Phi) is 14.7. The molecule has 0 bridgehead atoms. The Morgan fingerprint density at radius 3 is 1.74 bits per heavy atom. The van der Waals surface area contributed by atoms with Crippen LogP contribution in [0.4, 0.5) is 0 Å². The van der Waals surface area contributed by atoms with Crippen molar-refractivity contribution < 1.29 is 34.2 Å². The number of hydrogen-bond acceptors (Lipinski definition) is 9. The summed E-state index contributed by atoms with van der Waals surface area (Å²) in [6, 6.07) is -4.93. The zero-order valence-corrected chi connectivity index (χ0v) is 19.1. The molecule has 0 aliphatic rings. The van der Waals surface area contributed by atoms with Gasteiger partial charge in [-0.1, -0.05) is 0 Å². The van der Waals surface area contributed by atoms with Gasteiger partial charge in [0.05, 0.1) is 19.1 Å². The summed E-state index contributed by atoms with van der Waals surface area (Å²) in [7, 11) is 0. The van der Waals surface area contributed by atoms with E-state index in [4.69, 9.17) is 11.5 Å². The number of aliphatic hydroxyl groups excluding tert-OH is 1. The van der Waals surface area contributed by atoms with Crippen LogP contribution >= 0.6 is 23.5 Å². The number of primary amides is 1. The molecule has 9 N–H and O–H groups in total. The van der Waals surface area contributed by atoms with Gasteiger partial charge in [0, 0.05) is 0 Å². The van der Waals surface area contributed by atoms with Crippen molar-refractivity contribution in [2.24, 2.45) is 11.5 Å². The first-order chi connectivity index (χ1) is 14.6. The summed E-state index contributed by atoms with van der Waals surface area (Å²) in [4.78, 5) is 59.3. The van der Waals surface area contributed by atoms with E-state index in [0.717, 1.165) is 0 Å². The van der Waals surface area contributed by atoms with Crippen molar-refractivity contribution in [2.45, 2.75) is 43.4 Å². The topological polar surface area (TPSA) is 214 Å². The number of hydrogen-bond donors (Lipinski definition) is 7. The molecule has 4 amide bonds. The van der Waals surface area contributed by atoms with Gasteiger partial charge >= 0.3 is 5.97 Å². The van der Waals surface area contributed by atoms with Crippen LogP contribution in [-0.2, 0) is 24.0 Å². The predicted octanol–water partition coefficient (Wildman–Crippen LogP) is -2.77. The maximum Gasteiger partial charge on any atom is 0.326 e. The summed E-state index contributed by atoms with van der Waals surface area (Å²) in [6.45, 7) is -0.788. The average Bonchev–Trinajstić information content (AvgIpc) is 2.70. The van der Waals surface area contributed by atoms with Crippen molar-refractivity contribution >= 4 is 53.1 Å². The Labute approximate surface area is 189 Å². The molecular formula is C17H31N5O7S2. The van der Waals surface area contributed by atoms with Crippen LogP contribution in [0.5, 0.6) is 0 Å². The summed E-state index contributed by atoms with van der Waals surface area (Å²) < 4.78 is 0. The molecule has 0 aliphatic carbocycles. The lowest BCUT2D eigenvalue weighted by atomic mass is 10.1. The molecule has 0 aromatic heterocycles. The third kappa shape index (κ3) is 11.8. The first-order valence-corrected chi connectivity index (χ1v) is 12.1. The molecule has 0 spiro atoms. The summed E-state index contributed by atoms with van der Waals surface area (Å²) >= 11 is 2.85. The number of amides is 4. The monoisotopic (exact) mass is 481 g/mol. The minimum atomic E-state index is -1.43. The second-order valence-electron chi connectivity index (χ2n) is 6.54. The van der Waals surface area contributed by atoms with Crippen LogP contribution in [0.3, 0.4) is 0 Å². The van der Waals surface area contributed by atoms with E-state index >= 15 is 0 Å². The van der Waals surface area contributed by atoms with Crippen molar-refractivity contribution in [3.8, 4) is 0 Å². The molecular weight excluding hydrogens is 450 g/mol. The van der Waals surface area contributed by atoms with Gasteiger partial charge in [0.15, 0.2) is 0 Å². The average molecular weight is 482 g/mol. The molecule has 0 aliphatic heterocycles. The van der Waals surface area contributed by atoms with E-state index in [1.807, 2.05) is 0 Å². The van der Waals surface area contributed by atoms with E-state index in [-0.39, 0.29) is 12.8 Å². The lowest BCUT2D eigenvalue weighted by molar-refractivity contribution is -0.142. The van der Waals surface area contributed by atoms with Crippen LogP contribution in [0.2, 0.25) is 0 Å². The second-order valence-corrected chi connectivity index (χ2v) is 8.52. The highest BCUT2D eigenvalue weighted by Gasteiger charge is 2.30. The number of aliphatic carboxylic acids is 1. The molecule has 0 saturated heterocycles. The van der Waals surface area contributed by atoms with E-state index in [9.17, 15) is 34.2 Å². The molecule has 0 aromatic carbocycles. The molecule has 31 heavy (non-hydrogen) atoms. The van der Waals surface area contributed by atoms with Crippen LogP contribution in [-0.4, -0.2) is 94.6 Å². The largest absolute Gasteiger partial charge is 0.480 e. The first kappa shape index (κ1) is 29.0. The minimum absolute atomic E-state index is 0.195. The van der Waals surface area contributed by atoms with E-state index in [1.165, 1.54) is 23.5 Å². The highest BCUT2D eigenvalue weighted by molar-refractivity contribution is 7.98. The van der Waals surface area contributed by atoms with Crippen LogP contribution in [0.15, 0.2) is 0 Å². The fourth-order valence-corrected chi connectivity index (χ4v) is 3.27. The van der Waals surface area contributed by atoms with Crippen molar-refractivity contribution in [1.29, 1.82) is 0 Å². The van der Waals surface area contributed by atoms with E-state index in [1.54, 1.807) is 12.5 Å². The number of nitrogens with two attached hydrogens (primary N) is 2. The van der Waals surface area contributed by atoms with Gasteiger partial charge in [-0.05, 0) is 36.9 Å². The molecule has 0 radical (unpaired) electrons. The smallest absolute Gasteiger partial charge is 0.326 e. The Morgan fingerprint density at radius 1 is 0.839 bits per heavy atom. The van der Waals surface area contributed by atoms with Crippen molar-refractivity contribution in [1.82, 2.24) is 16.0 Å². The number of carbonyl (C=O) groups is 5. The molecule has 4 atom stereocenters. The summed E-state index contributed by atoms with van der Waals surface area (Å²) in [6.07, 6.45) is 3.56. The van der Waals surface area contributed by atoms with Crippen molar-refractivity contribution in [2.75, 3.05) is 30.6 Å². The molecule has 0 heterocycles. The number of carboxylic acids is 1. The third-order valence-corrected chi connectivity index (χ3v) is 5.33. The third-order valence-electron chi connectivity index (χ3n) is 4.04. The fourth-order valence-electron chi connectivity index (χ4n) is 2.32. The number of aliphatic hydroxyl groups is 1. The molecule has 0 aromatic rings. The molecule has 178 valence electrons. The van der Waals surface area contributed by atoms with Gasteiger partial charge in [0.2, 0.25) is 23.6 Å². The van der Waals surface area contributed by atoms with Gasteiger partial charge in [0.25, 0.3) is 0 Å². The zero-order valence-electron chi connectivity index (χ0n) is 17.5. The lowest BCUT2D eigenvalue weighted by Gasteiger charge is -2.24. The van der Waals surface area contributed by atoms with Crippen LogP contribution in [0, 0.1) is 0 Å². The molecule has 14 heteroatoms. The maximum absolute atomic E-state index is 12.6. The Bertz CT molecular complexity index is 638. The normalized spacial score (nSPS) is 14.6. The van der Waals surface area contributed by atoms with E-state index in [2.05, 4.69) is 16.0 Å². The minimum Gasteiger partial charge on any atom is -0.480 e. The lowest BCUT2D eigenvalue weighted by Crippen LogP contribution is -2.58. The standard InChI is InChI=1S/C17H31N5O7S2/c1-30-5-3-10(15(26)21-11(17(28)29)4-6-31-2)20-16(27)12(8-23)22-14(25)9(18)7-13(19)24/h9-12,23H,3-8,18H2,1-2H3,(H2,19,24)(H,20,27)(H,21,26)(H,22,25)(H,28,29). The van der Waals surface area contributed by atoms with Crippen LogP contribution in [0.25, 0.3) is 0 Å². The predicted molar refractivity (Wildman–Crippen MR) is 118 cm³/mol. The quantitative estimate of drug-likeness (QED) is 0.120. The van der Waals surface area contributed by atoms with Crippen molar-refractivity contribution in [3.05, 3.63) is 0 Å². The Hall–Kier alpha value is -2.03. The first-order valence-electron chi connectivity index (χ1n) is 9.33.